The van der Waals surface area contributed by atoms with Crippen molar-refractivity contribution in [2.45, 2.75) is 10.0 Å². The van der Waals surface area contributed by atoms with Crippen LogP contribution in [-0.2, 0) is 19.6 Å². The highest BCUT2D eigenvalue weighted by molar-refractivity contribution is 7.87. The number of pyridine rings is 1. The Morgan fingerprint density at radius 3 is 2.29 bits per heavy atom. The Hall–Kier alpha value is -0.570. The lowest BCUT2D eigenvalue weighted by atomic mass is 10.3. The van der Waals surface area contributed by atoms with Crippen LogP contribution in [0.1, 0.15) is 5.56 Å². The van der Waals surface area contributed by atoms with E-state index < -0.39 is 25.7 Å². The molecule has 10 heteroatoms. The van der Waals surface area contributed by atoms with Gasteiger partial charge in [0.15, 0.2) is 0 Å². The first-order chi connectivity index (χ1) is 7.56. The fourth-order valence-corrected chi connectivity index (χ4v) is 2.12. The van der Waals surface area contributed by atoms with Crippen LogP contribution in [0.5, 0.6) is 0 Å². The van der Waals surface area contributed by atoms with Crippen molar-refractivity contribution < 1.29 is 25.8 Å². The molecule has 0 unspecified atom stereocenters. The van der Waals surface area contributed by atoms with E-state index in [2.05, 4.69) is 32.4 Å². The Labute approximate surface area is 104 Å². The van der Waals surface area contributed by atoms with Crippen molar-refractivity contribution in [3.8, 4) is 0 Å². The van der Waals surface area contributed by atoms with Gasteiger partial charge in [-0.05, 0) is 35.3 Å². The Morgan fingerprint density at radius 2 is 1.88 bits per heavy atom. The van der Waals surface area contributed by atoms with E-state index in [1.807, 2.05) is 0 Å². The summed E-state index contributed by atoms with van der Waals surface area (Å²) in [7, 11) is -5.68. The first kappa shape index (κ1) is 14.5. The number of rotatable bonds is 4. The van der Waals surface area contributed by atoms with Crippen molar-refractivity contribution in [2.75, 3.05) is 0 Å². The number of nitrogens with zero attached hydrogens (tertiary/aromatic N) is 1. The molecule has 0 aliphatic heterocycles. The lowest BCUT2D eigenvalue weighted by Crippen LogP contribution is -2.32. The van der Waals surface area contributed by atoms with Crippen molar-refractivity contribution in [2.24, 2.45) is 0 Å². The molecule has 0 spiro atoms. The SMILES string of the molecule is O=S(=O)(OC(F)(Cl)Cl)C(F)(F)c1cccnc1. The minimum Gasteiger partial charge on any atom is -0.264 e. The Balaban J connectivity index is 3.15. The van der Waals surface area contributed by atoms with Crippen molar-refractivity contribution in [1.29, 1.82) is 0 Å². The second-order valence-electron chi connectivity index (χ2n) is 2.74. The molecule has 0 saturated carbocycles. The zero-order valence-corrected chi connectivity index (χ0v) is 10.1. The van der Waals surface area contributed by atoms with Gasteiger partial charge in [-0.15, -0.1) is 0 Å². The Morgan fingerprint density at radius 1 is 1.29 bits per heavy atom. The van der Waals surface area contributed by atoms with E-state index in [1.54, 1.807) is 0 Å². The number of hydrogen-bond donors (Lipinski definition) is 0. The van der Waals surface area contributed by atoms with Gasteiger partial charge in [0, 0.05) is 12.4 Å². The molecule has 17 heavy (non-hydrogen) atoms. The molecule has 96 valence electrons. The molecular formula is C7H4Cl2F3NO3S. The van der Waals surface area contributed by atoms with Gasteiger partial charge in [0.25, 0.3) is 0 Å². The molecule has 0 aliphatic carbocycles. The summed E-state index contributed by atoms with van der Waals surface area (Å²) in [6, 6.07) is 1.85. The first-order valence-electron chi connectivity index (χ1n) is 3.86. The second kappa shape index (κ2) is 4.60. The molecule has 1 rings (SSSR count). The van der Waals surface area contributed by atoms with Gasteiger partial charge in [0.1, 0.15) is 0 Å². The Kier molecular flexibility index (Phi) is 3.92. The highest BCUT2D eigenvalue weighted by atomic mass is 35.5. The molecule has 1 heterocycles. The number of alkyl halides is 5. The molecule has 0 saturated heterocycles. The first-order valence-corrected chi connectivity index (χ1v) is 6.03. The van der Waals surface area contributed by atoms with E-state index in [4.69, 9.17) is 0 Å². The summed E-state index contributed by atoms with van der Waals surface area (Å²) < 4.78 is 61.0. The maximum Gasteiger partial charge on any atom is 0.396 e. The highest BCUT2D eigenvalue weighted by Crippen LogP contribution is 2.39. The zero-order valence-electron chi connectivity index (χ0n) is 7.78. The van der Waals surface area contributed by atoms with Gasteiger partial charge < -0.3 is 0 Å². The molecule has 0 N–H and O–H groups in total. The number of aromatic nitrogens is 1. The maximum absolute atomic E-state index is 13.4. The van der Waals surface area contributed by atoms with E-state index in [0.29, 0.717) is 6.20 Å². The van der Waals surface area contributed by atoms with Crippen LogP contribution < -0.4 is 0 Å². The van der Waals surface area contributed by atoms with Gasteiger partial charge in [-0.3, -0.25) is 4.98 Å². The van der Waals surface area contributed by atoms with Crippen LogP contribution in [0.4, 0.5) is 13.2 Å². The molecule has 1 aromatic rings. The van der Waals surface area contributed by atoms with Gasteiger partial charge in [0.2, 0.25) is 0 Å². The third kappa shape index (κ3) is 3.44. The number of halogens is 5. The fraction of sp³-hybridized carbons (Fsp3) is 0.286. The van der Waals surface area contributed by atoms with Crippen molar-refractivity contribution in [3.63, 3.8) is 0 Å². The summed E-state index contributed by atoms with van der Waals surface area (Å²) in [5.41, 5.74) is -1.00. The third-order valence-electron chi connectivity index (χ3n) is 1.52. The molecule has 0 atom stereocenters. The molecule has 0 bridgehead atoms. The van der Waals surface area contributed by atoms with Gasteiger partial charge in [-0.25, -0.2) is 0 Å². The van der Waals surface area contributed by atoms with Crippen molar-refractivity contribution in [1.82, 2.24) is 4.98 Å². The monoisotopic (exact) mass is 309 g/mol. The molecule has 1 aromatic heterocycles. The minimum atomic E-state index is -5.68. The summed E-state index contributed by atoms with van der Waals surface area (Å²) in [5.74, 6) is 0. The summed E-state index contributed by atoms with van der Waals surface area (Å²) in [5, 5.41) is -4.53. The predicted octanol–water partition coefficient (Wildman–Crippen LogP) is 2.54. The van der Waals surface area contributed by atoms with Crippen molar-refractivity contribution >= 4 is 33.3 Å². The summed E-state index contributed by atoms with van der Waals surface area (Å²) in [6.45, 7) is 0. The van der Waals surface area contributed by atoms with E-state index in [0.717, 1.165) is 18.3 Å². The van der Waals surface area contributed by atoms with Crippen LogP contribution >= 0.6 is 23.2 Å². The fourth-order valence-electron chi connectivity index (χ4n) is 0.856. The average molecular weight is 310 g/mol. The summed E-state index contributed by atoms with van der Waals surface area (Å²) in [6.07, 6.45) is 1.74. The average Bonchev–Trinajstić information content (AvgIpc) is 2.15. The zero-order chi connectivity index (χ0) is 13.3. The minimum absolute atomic E-state index is 0.587. The lowest BCUT2D eigenvalue weighted by Gasteiger charge is -2.18. The van der Waals surface area contributed by atoms with Gasteiger partial charge in [-0.2, -0.15) is 25.8 Å². The molecule has 0 aliphatic rings. The number of hydrogen-bond acceptors (Lipinski definition) is 4. The smallest absolute Gasteiger partial charge is 0.264 e. The predicted molar refractivity (Wildman–Crippen MR) is 53.7 cm³/mol. The quantitative estimate of drug-likeness (QED) is 0.633. The van der Waals surface area contributed by atoms with Crippen LogP contribution in [0.3, 0.4) is 0 Å². The second-order valence-corrected chi connectivity index (χ2v) is 5.50. The molecular weight excluding hydrogens is 306 g/mol. The topological polar surface area (TPSA) is 56.3 Å². The molecule has 4 nitrogen and oxygen atoms in total. The standard InChI is InChI=1S/C7H4Cl2F3NO3S/c8-7(9,12)16-17(14,15)6(10,11)5-2-1-3-13-4-5/h1-4H. The van der Waals surface area contributed by atoms with Crippen LogP contribution in [0.25, 0.3) is 0 Å². The lowest BCUT2D eigenvalue weighted by molar-refractivity contribution is 0.0405. The third-order valence-corrected chi connectivity index (χ3v) is 3.17. The van der Waals surface area contributed by atoms with Gasteiger partial charge in [0.05, 0.1) is 5.56 Å². The van der Waals surface area contributed by atoms with Crippen LogP contribution in [0, 0.1) is 0 Å². The Bertz CT molecular complexity index is 489. The summed E-state index contributed by atoms with van der Waals surface area (Å²) >= 11 is 9.12. The normalized spacial score (nSPS) is 13.7. The van der Waals surface area contributed by atoms with E-state index >= 15 is 0 Å². The largest absolute Gasteiger partial charge is 0.396 e. The van der Waals surface area contributed by atoms with Crippen LogP contribution in [-0.4, -0.2) is 18.2 Å². The van der Waals surface area contributed by atoms with E-state index in [-0.39, 0.29) is 0 Å². The molecule has 0 aromatic carbocycles. The van der Waals surface area contributed by atoms with Gasteiger partial charge >= 0.3 is 20.1 Å². The van der Waals surface area contributed by atoms with Crippen LogP contribution in [0.2, 0.25) is 0 Å². The van der Waals surface area contributed by atoms with Gasteiger partial charge in [-0.1, -0.05) is 0 Å². The summed E-state index contributed by atoms with van der Waals surface area (Å²) in [4.78, 5) is 3.30. The molecule has 0 amide bonds. The maximum atomic E-state index is 13.4. The molecule has 0 radical (unpaired) electrons. The van der Waals surface area contributed by atoms with E-state index in [9.17, 15) is 21.6 Å². The van der Waals surface area contributed by atoms with E-state index in [1.165, 1.54) is 0 Å². The van der Waals surface area contributed by atoms with Crippen LogP contribution in [0.15, 0.2) is 24.5 Å². The van der Waals surface area contributed by atoms with Crippen molar-refractivity contribution in [3.05, 3.63) is 30.1 Å². The highest BCUT2D eigenvalue weighted by Gasteiger charge is 2.52. The molecule has 0 fully saturated rings.